The number of benzene rings is 3. The second-order valence-corrected chi connectivity index (χ2v) is 10.6. The summed E-state index contributed by atoms with van der Waals surface area (Å²) in [5.41, 5.74) is 3.74. The first-order valence-corrected chi connectivity index (χ1v) is 14.4. The Morgan fingerprint density at radius 1 is 0.786 bits per heavy atom. The van der Waals surface area contributed by atoms with Crippen LogP contribution in [0.5, 0.6) is 11.5 Å². The van der Waals surface area contributed by atoms with Gasteiger partial charge in [-0.25, -0.2) is 0 Å². The lowest BCUT2D eigenvalue weighted by molar-refractivity contribution is -0.154. The fraction of sp³-hybridized carbons (Fsp3) is 0.371. The maximum Gasteiger partial charge on any atom is 0.310 e. The monoisotopic (exact) mass is 574 g/mol. The Kier molecular flexibility index (Phi) is 11.6. The highest BCUT2D eigenvalue weighted by Crippen LogP contribution is 2.28. The highest BCUT2D eigenvalue weighted by Gasteiger charge is 2.18. The van der Waals surface area contributed by atoms with Crippen LogP contribution in [0.2, 0.25) is 0 Å². The standard InChI is InChI=1S/C33H36O7.C2H6/c1-6-36-30(34)18-24-11-7-9-13-28(24)37-20-23-15-22(2)32-26(16-23)17-27(39-32)21-38-29-14-10-8-12-25(29)19-31(35)40-33(3,4)5;1-2/h7-17H,6,18-21H2,1-5H3;1-2H3. The molecule has 0 saturated heterocycles. The van der Waals surface area contributed by atoms with Crippen molar-refractivity contribution in [1.82, 2.24) is 0 Å². The Morgan fingerprint density at radius 2 is 1.36 bits per heavy atom. The summed E-state index contributed by atoms with van der Waals surface area (Å²) in [7, 11) is 0. The van der Waals surface area contributed by atoms with E-state index in [1.165, 1.54) is 0 Å². The van der Waals surface area contributed by atoms with Gasteiger partial charge < -0.3 is 23.4 Å². The fourth-order valence-electron chi connectivity index (χ4n) is 4.41. The van der Waals surface area contributed by atoms with E-state index in [4.69, 9.17) is 23.4 Å². The summed E-state index contributed by atoms with van der Waals surface area (Å²) in [6.45, 7) is 14.2. The van der Waals surface area contributed by atoms with Crippen LogP contribution in [-0.4, -0.2) is 24.1 Å². The van der Waals surface area contributed by atoms with Crippen LogP contribution >= 0.6 is 0 Å². The largest absolute Gasteiger partial charge is 0.489 e. The van der Waals surface area contributed by atoms with Crippen molar-refractivity contribution in [2.45, 2.75) is 80.1 Å². The van der Waals surface area contributed by atoms with E-state index in [9.17, 15) is 9.59 Å². The molecule has 0 aliphatic rings. The second kappa shape index (κ2) is 15.1. The van der Waals surface area contributed by atoms with Crippen molar-refractivity contribution in [2.24, 2.45) is 0 Å². The molecule has 3 aromatic carbocycles. The van der Waals surface area contributed by atoms with Gasteiger partial charge in [0.15, 0.2) is 0 Å². The summed E-state index contributed by atoms with van der Waals surface area (Å²) in [5, 5.41) is 0.944. The van der Waals surface area contributed by atoms with Crippen LogP contribution in [0.25, 0.3) is 11.0 Å². The number of hydrogen-bond acceptors (Lipinski definition) is 7. The van der Waals surface area contributed by atoms with Gasteiger partial charge in [-0.05, 0) is 76.1 Å². The Labute approximate surface area is 248 Å². The predicted octanol–water partition coefficient (Wildman–Crippen LogP) is 7.92. The molecule has 4 aromatic rings. The maximum atomic E-state index is 12.4. The summed E-state index contributed by atoms with van der Waals surface area (Å²) in [5.74, 6) is 1.35. The van der Waals surface area contributed by atoms with Crippen molar-refractivity contribution >= 4 is 22.9 Å². The molecule has 0 unspecified atom stereocenters. The topological polar surface area (TPSA) is 84.2 Å². The minimum atomic E-state index is -0.547. The highest BCUT2D eigenvalue weighted by atomic mass is 16.6. The number of furan rings is 1. The average Bonchev–Trinajstić information content (AvgIpc) is 3.36. The van der Waals surface area contributed by atoms with Crippen LogP contribution < -0.4 is 9.47 Å². The minimum Gasteiger partial charge on any atom is -0.489 e. The van der Waals surface area contributed by atoms with E-state index in [1.807, 2.05) is 108 Å². The second-order valence-electron chi connectivity index (χ2n) is 10.6. The van der Waals surface area contributed by atoms with Crippen LogP contribution in [-0.2, 0) is 45.1 Å². The Balaban J connectivity index is 0.00000237. The first kappa shape index (κ1) is 32.3. The van der Waals surface area contributed by atoms with Gasteiger partial charge in [-0.2, -0.15) is 0 Å². The molecule has 0 spiro atoms. The van der Waals surface area contributed by atoms with Gasteiger partial charge in [0, 0.05) is 16.5 Å². The van der Waals surface area contributed by atoms with Gasteiger partial charge in [0.2, 0.25) is 0 Å². The molecular formula is C35H42O7. The first-order valence-electron chi connectivity index (χ1n) is 14.4. The van der Waals surface area contributed by atoms with Gasteiger partial charge in [-0.3, -0.25) is 9.59 Å². The van der Waals surface area contributed by atoms with E-state index in [0.717, 1.165) is 33.2 Å². The molecule has 0 atom stereocenters. The minimum absolute atomic E-state index is 0.124. The predicted molar refractivity (Wildman–Crippen MR) is 164 cm³/mol. The molecule has 0 aliphatic carbocycles. The summed E-state index contributed by atoms with van der Waals surface area (Å²) < 4.78 is 28.8. The van der Waals surface area contributed by atoms with E-state index < -0.39 is 5.60 Å². The van der Waals surface area contributed by atoms with Crippen molar-refractivity contribution in [3.8, 4) is 11.5 Å². The molecule has 0 aliphatic heterocycles. The molecule has 0 radical (unpaired) electrons. The summed E-state index contributed by atoms with van der Waals surface area (Å²) in [6.07, 6.45) is 0.285. The molecule has 7 nitrogen and oxygen atoms in total. The third kappa shape index (κ3) is 9.40. The number of carbonyl (C=O) groups excluding carboxylic acids is 2. The highest BCUT2D eigenvalue weighted by molar-refractivity contribution is 5.82. The van der Waals surface area contributed by atoms with E-state index in [-0.39, 0.29) is 31.4 Å². The first-order chi connectivity index (χ1) is 20.1. The number of carbonyl (C=O) groups is 2. The summed E-state index contributed by atoms with van der Waals surface area (Å²) >= 11 is 0. The van der Waals surface area contributed by atoms with Crippen LogP contribution in [0.1, 0.15) is 69.6 Å². The van der Waals surface area contributed by atoms with E-state index >= 15 is 0 Å². The lowest BCUT2D eigenvalue weighted by Crippen LogP contribution is -2.25. The number of hydrogen-bond donors (Lipinski definition) is 0. The van der Waals surface area contributed by atoms with Crippen molar-refractivity contribution in [1.29, 1.82) is 0 Å². The molecule has 0 fully saturated rings. The van der Waals surface area contributed by atoms with Crippen molar-refractivity contribution < 1.29 is 33.0 Å². The number of aryl methyl sites for hydroxylation is 1. The number of para-hydroxylation sites is 2. The lowest BCUT2D eigenvalue weighted by Gasteiger charge is -2.20. The zero-order chi connectivity index (χ0) is 30.7. The van der Waals surface area contributed by atoms with Crippen molar-refractivity contribution in [2.75, 3.05) is 6.61 Å². The summed E-state index contributed by atoms with van der Waals surface area (Å²) in [6, 6.07) is 20.9. The smallest absolute Gasteiger partial charge is 0.310 e. The van der Waals surface area contributed by atoms with E-state index in [2.05, 4.69) is 0 Å². The van der Waals surface area contributed by atoms with Gasteiger partial charge >= 0.3 is 11.9 Å². The molecule has 1 aromatic heterocycles. The molecule has 4 rings (SSSR count). The SMILES string of the molecule is CC.CCOC(=O)Cc1ccccc1OCc1cc(C)c2oc(COc3ccccc3CC(=O)OC(C)(C)C)cc2c1. The van der Waals surface area contributed by atoms with Gasteiger partial charge in [-0.15, -0.1) is 0 Å². The van der Waals surface area contributed by atoms with Crippen LogP contribution in [0, 0.1) is 6.92 Å². The number of rotatable bonds is 11. The molecule has 1 heterocycles. The number of esters is 2. The summed E-state index contributed by atoms with van der Waals surface area (Å²) in [4.78, 5) is 24.3. The Morgan fingerprint density at radius 3 is 1.95 bits per heavy atom. The van der Waals surface area contributed by atoms with Crippen LogP contribution in [0.4, 0.5) is 0 Å². The van der Waals surface area contributed by atoms with Gasteiger partial charge in [-0.1, -0.05) is 50.2 Å². The van der Waals surface area contributed by atoms with Gasteiger partial charge in [0.25, 0.3) is 0 Å². The van der Waals surface area contributed by atoms with Gasteiger partial charge in [0.05, 0.1) is 19.4 Å². The Hall–Kier alpha value is -4.26. The molecule has 7 heteroatoms. The maximum absolute atomic E-state index is 12.4. The number of ether oxygens (including phenoxy) is 4. The molecule has 0 saturated carbocycles. The molecule has 0 bridgehead atoms. The van der Waals surface area contributed by atoms with Gasteiger partial charge in [0.1, 0.15) is 41.7 Å². The van der Waals surface area contributed by atoms with Crippen molar-refractivity contribution in [3.05, 3.63) is 94.7 Å². The quantitative estimate of drug-likeness (QED) is 0.168. The van der Waals surface area contributed by atoms with Crippen molar-refractivity contribution in [3.63, 3.8) is 0 Å². The van der Waals surface area contributed by atoms with Crippen LogP contribution in [0.15, 0.2) is 71.1 Å². The molecule has 42 heavy (non-hydrogen) atoms. The molecule has 224 valence electrons. The Bertz CT molecular complexity index is 1480. The molecule has 0 amide bonds. The van der Waals surface area contributed by atoms with E-state index in [1.54, 1.807) is 6.92 Å². The fourth-order valence-corrected chi connectivity index (χ4v) is 4.41. The van der Waals surface area contributed by atoms with E-state index in [0.29, 0.717) is 30.5 Å². The zero-order valence-electron chi connectivity index (χ0n) is 25.7. The average molecular weight is 575 g/mol. The zero-order valence-corrected chi connectivity index (χ0v) is 25.7. The molecule has 0 N–H and O–H groups in total. The third-order valence-electron chi connectivity index (χ3n) is 6.02. The molecular weight excluding hydrogens is 532 g/mol. The lowest BCUT2D eigenvalue weighted by atomic mass is 10.1. The third-order valence-corrected chi connectivity index (χ3v) is 6.02. The normalized spacial score (nSPS) is 10.9. The number of fused-ring (bicyclic) bond motifs is 1. The van der Waals surface area contributed by atoms with Crippen LogP contribution in [0.3, 0.4) is 0 Å².